The van der Waals surface area contributed by atoms with Crippen LogP contribution in [0.1, 0.15) is 17.3 Å². The van der Waals surface area contributed by atoms with E-state index in [9.17, 15) is 9.59 Å². The first-order valence-corrected chi connectivity index (χ1v) is 7.34. The van der Waals surface area contributed by atoms with Gasteiger partial charge in [-0.3, -0.25) is 4.79 Å². The van der Waals surface area contributed by atoms with Gasteiger partial charge < -0.3 is 19.5 Å². The lowest BCUT2D eigenvalue weighted by Crippen LogP contribution is -2.30. The number of carbonyl (C=O) groups excluding carboxylic acids is 2. The molecule has 2 rings (SSSR count). The molecule has 0 spiro atoms. The van der Waals surface area contributed by atoms with Crippen LogP contribution in [0.4, 0.5) is 5.69 Å². The molecular formula is C18H19NO5. The number of carbonyl (C=O) groups is 2. The Labute approximate surface area is 140 Å². The third kappa shape index (κ3) is 4.25. The maximum absolute atomic E-state index is 12.2. The highest BCUT2D eigenvalue weighted by Crippen LogP contribution is 2.20. The third-order valence-electron chi connectivity index (χ3n) is 3.32. The fourth-order valence-electron chi connectivity index (χ4n) is 2.04. The van der Waals surface area contributed by atoms with Crippen LogP contribution in [0.5, 0.6) is 11.5 Å². The lowest BCUT2D eigenvalue weighted by atomic mass is 10.2. The minimum absolute atomic E-state index is 0.265. The van der Waals surface area contributed by atoms with Crippen LogP contribution in [-0.4, -0.2) is 32.2 Å². The van der Waals surface area contributed by atoms with Crippen LogP contribution in [0.25, 0.3) is 0 Å². The Kier molecular flexibility index (Phi) is 5.78. The van der Waals surface area contributed by atoms with Crippen LogP contribution in [0, 0.1) is 0 Å². The van der Waals surface area contributed by atoms with E-state index in [0.29, 0.717) is 17.2 Å². The van der Waals surface area contributed by atoms with Crippen LogP contribution in [0.2, 0.25) is 0 Å². The summed E-state index contributed by atoms with van der Waals surface area (Å²) in [6, 6.07) is 13.6. The van der Waals surface area contributed by atoms with E-state index in [-0.39, 0.29) is 5.56 Å². The monoisotopic (exact) mass is 329 g/mol. The summed E-state index contributed by atoms with van der Waals surface area (Å²) in [6.45, 7) is 1.50. The highest BCUT2D eigenvalue weighted by Gasteiger charge is 2.21. The summed E-state index contributed by atoms with van der Waals surface area (Å²) in [4.78, 5) is 24.4. The molecule has 0 aliphatic heterocycles. The van der Waals surface area contributed by atoms with Crippen LogP contribution in [-0.2, 0) is 9.53 Å². The van der Waals surface area contributed by atoms with Crippen molar-refractivity contribution in [1.29, 1.82) is 0 Å². The van der Waals surface area contributed by atoms with Crippen LogP contribution >= 0.6 is 0 Å². The Morgan fingerprint density at radius 1 is 1.00 bits per heavy atom. The Hall–Kier alpha value is -3.02. The summed E-state index contributed by atoms with van der Waals surface area (Å²) in [5.74, 6) is -0.0541. The Balaban J connectivity index is 2.01. The predicted molar refractivity (Wildman–Crippen MR) is 89.5 cm³/mol. The zero-order valence-corrected chi connectivity index (χ0v) is 13.7. The van der Waals surface area contributed by atoms with Crippen molar-refractivity contribution in [3.8, 4) is 11.5 Å². The molecule has 0 unspecified atom stereocenters. The predicted octanol–water partition coefficient (Wildman–Crippen LogP) is 2.89. The number of esters is 1. The van der Waals surface area contributed by atoms with Gasteiger partial charge in [-0.05, 0) is 31.2 Å². The molecule has 0 bridgehead atoms. The van der Waals surface area contributed by atoms with Gasteiger partial charge in [0.25, 0.3) is 5.91 Å². The lowest BCUT2D eigenvalue weighted by Gasteiger charge is -2.15. The number of anilines is 1. The Morgan fingerprint density at radius 2 is 1.75 bits per heavy atom. The van der Waals surface area contributed by atoms with Crippen molar-refractivity contribution in [3.05, 3.63) is 54.1 Å². The first kappa shape index (κ1) is 17.3. The molecular weight excluding hydrogens is 310 g/mol. The quantitative estimate of drug-likeness (QED) is 0.825. The zero-order chi connectivity index (χ0) is 17.5. The van der Waals surface area contributed by atoms with E-state index in [2.05, 4.69) is 5.32 Å². The van der Waals surface area contributed by atoms with Gasteiger partial charge in [0.2, 0.25) is 0 Å². The molecule has 24 heavy (non-hydrogen) atoms. The number of hydrogen-bond acceptors (Lipinski definition) is 5. The van der Waals surface area contributed by atoms with E-state index in [4.69, 9.17) is 14.2 Å². The second-order valence-electron chi connectivity index (χ2n) is 4.97. The Morgan fingerprint density at radius 3 is 2.46 bits per heavy atom. The van der Waals surface area contributed by atoms with Gasteiger partial charge in [0, 0.05) is 11.8 Å². The van der Waals surface area contributed by atoms with Crippen molar-refractivity contribution in [3.63, 3.8) is 0 Å². The van der Waals surface area contributed by atoms with Crippen LogP contribution in [0.15, 0.2) is 48.5 Å². The first-order chi connectivity index (χ1) is 11.5. The highest BCUT2D eigenvalue weighted by atomic mass is 16.5. The number of amides is 1. The van der Waals surface area contributed by atoms with Crippen molar-refractivity contribution in [2.24, 2.45) is 0 Å². The number of rotatable bonds is 6. The average molecular weight is 329 g/mol. The Bertz CT molecular complexity index is 729. The summed E-state index contributed by atoms with van der Waals surface area (Å²) < 4.78 is 15.4. The first-order valence-electron chi connectivity index (χ1n) is 7.34. The molecule has 0 aliphatic rings. The molecule has 6 heteroatoms. The number of hydrogen-bond donors (Lipinski definition) is 1. The molecule has 2 aromatic rings. The largest absolute Gasteiger partial charge is 0.497 e. The van der Waals surface area contributed by atoms with Crippen molar-refractivity contribution < 1.29 is 23.8 Å². The average Bonchev–Trinajstić information content (AvgIpc) is 2.61. The summed E-state index contributed by atoms with van der Waals surface area (Å²) in [7, 11) is 3.00. The van der Waals surface area contributed by atoms with E-state index < -0.39 is 18.0 Å². The summed E-state index contributed by atoms with van der Waals surface area (Å²) in [6.07, 6.45) is -0.964. The lowest BCUT2D eigenvalue weighted by molar-refractivity contribution is -0.123. The fraction of sp³-hybridized carbons (Fsp3) is 0.222. The highest BCUT2D eigenvalue weighted by molar-refractivity contribution is 5.98. The van der Waals surface area contributed by atoms with Gasteiger partial charge in [-0.1, -0.05) is 18.2 Å². The van der Waals surface area contributed by atoms with E-state index in [1.54, 1.807) is 55.6 Å². The van der Waals surface area contributed by atoms with Crippen LogP contribution < -0.4 is 14.8 Å². The molecule has 126 valence electrons. The number of nitrogens with one attached hydrogen (secondary N) is 1. The SMILES string of the molecule is COc1cccc(NC(=O)[C@@H](C)OC(=O)c2ccccc2OC)c1. The van der Waals surface area contributed by atoms with Gasteiger partial charge in [-0.15, -0.1) is 0 Å². The van der Waals surface area contributed by atoms with E-state index in [1.165, 1.54) is 14.0 Å². The summed E-state index contributed by atoms with van der Waals surface area (Å²) in [5, 5.41) is 2.67. The minimum Gasteiger partial charge on any atom is -0.497 e. The molecule has 6 nitrogen and oxygen atoms in total. The molecule has 0 aliphatic carbocycles. The second-order valence-corrected chi connectivity index (χ2v) is 4.97. The number of methoxy groups -OCH3 is 2. The molecule has 0 fully saturated rings. The number of ether oxygens (including phenoxy) is 3. The molecule has 0 radical (unpaired) electrons. The molecule has 0 heterocycles. The van der Waals surface area contributed by atoms with Gasteiger partial charge in [-0.25, -0.2) is 4.79 Å². The minimum atomic E-state index is -0.964. The van der Waals surface area contributed by atoms with Gasteiger partial charge in [0.15, 0.2) is 6.10 Å². The molecule has 0 aromatic heterocycles. The van der Waals surface area contributed by atoms with Gasteiger partial charge >= 0.3 is 5.97 Å². The van der Waals surface area contributed by atoms with Crippen LogP contribution in [0.3, 0.4) is 0 Å². The zero-order valence-electron chi connectivity index (χ0n) is 13.7. The van der Waals surface area contributed by atoms with E-state index in [0.717, 1.165) is 0 Å². The normalized spacial score (nSPS) is 11.3. The van der Waals surface area contributed by atoms with Gasteiger partial charge in [0.05, 0.1) is 14.2 Å². The molecule has 1 N–H and O–H groups in total. The maximum Gasteiger partial charge on any atom is 0.342 e. The van der Waals surface area contributed by atoms with Gasteiger partial charge in [0.1, 0.15) is 17.1 Å². The van der Waals surface area contributed by atoms with E-state index in [1.807, 2.05) is 0 Å². The van der Waals surface area contributed by atoms with Crippen molar-refractivity contribution in [2.45, 2.75) is 13.0 Å². The summed E-state index contributed by atoms with van der Waals surface area (Å²) >= 11 is 0. The second kappa shape index (κ2) is 8.01. The topological polar surface area (TPSA) is 73.9 Å². The fourth-order valence-corrected chi connectivity index (χ4v) is 2.04. The van der Waals surface area contributed by atoms with Crippen molar-refractivity contribution in [2.75, 3.05) is 19.5 Å². The van der Waals surface area contributed by atoms with Gasteiger partial charge in [-0.2, -0.15) is 0 Å². The maximum atomic E-state index is 12.2. The molecule has 1 amide bonds. The summed E-state index contributed by atoms with van der Waals surface area (Å²) in [5.41, 5.74) is 0.820. The molecule has 2 aromatic carbocycles. The molecule has 0 saturated carbocycles. The van der Waals surface area contributed by atoms with E-state index >= 15 is 0 Å². The third-order valence-corrected chi connectivity index (χ3v) is 3.32. The number of para-hydroxylation sites is 1. The molecule has 1 atom stereocenters. The number of benzene rings is 2. The molecule has 0 saturated heterocycles. The van der Waals surface area contributed by atoms with Crippen molar-refractivity contribution >= 4 is 17.6 Å². The van der Waals surface area contributed by atoms with Crippen molar-refractivity contribution in [1.82, 2.24) is 0 Å². The standard InChI is InChI=1S/C18H19NO5/c1-12(17(20)19-13-7-6-8-14(11-13)22-2)24-18(21)15-9-4-5-10-16(15)23-3/h4-12H,1-3H3,(H,19,20)/t12-/m1/s1. The smallest absolute Gasteiger partial charge is 0.342 e.